The van der Waals surface area contributed by atoms with Gasteiger partial charge in [0.15, 0.2) is 0 Å². The lowest BCUT2D eigenvalue weighted by Gasteiger charge is -2.40. The molecule has 2 heterocycles. The van der Waals surface area contributed by atoms with E-state index in [-0.39, 0.29) is 0 Å². The highest BCUT2D eigenvalue weighted by molar-refractivity contribution is 5.20. The Bertz CT molecular complexity index is 423. The Hall–Kier alpha value is -1.06. The zero-order valence-electron chi connectivity index (χ0n) is 14.5. The van der Waals surface area contributed by atoms with Crippen molar-refractivity contribution >= 4 is 0 Å². The zero-order chi connectivity index (χ0) is 15.7. The highest BCUT2D eigenvalue weighted by Crippen LogP contribution is 2.21. The highest BCUT2D eigenvalue weighted by Gasteiger charge is 2.25. The van der Waals surface area contributed by atoms with Crippen LogP contribution < -0.4 is 4.74 Å². The lowest BCUT2D eigenvalue weighted by atomic mass is 10.00. The number of rotatable bonds is 7. The van der Waals surface area contributed by atoms with Crippen LogP contribution in [0, 0.1) is 0 Å². The molecule has 2 fully saturated rings. The fraction of sp³-hybridized carbons (Fsp3) is 0.700. The molecule has 0 spiro atoms. The quantitative estimate of drug-likeness (QED) is 0.712. The number of ether oxygens (including phenoxy) is 1. The van der Waals surface area contributed by atoms with Gasteiger partial charge in [-0.15, -0.1) is 0 Å². The van der Waals surface area contributed by atoms with E-state index in [1.54, 1.807) is 0 Å². The van der Waals surface area contributed by atoms with E-state index in [1.165, 1.54) is 71.2 Å². The summed E-state index contributed by atoms with van der Waals surface area (Å²) in [4.78, 5) is 5.41. The van der Waals surface area contributed by atoms with Gasteiger partial charge in [-0.25, -0.2) is 0 Å². The number of hydrogen-bond acceptors (Lipinski definition) is 3. The standard InChI is InChI=1S/C20H32N2O/c1-3-9-20(10-4-1)23-18-8-7-13-21-16-11-19(12-17-21)22-14-5-2-6-15-22/h1,3-4,9-10,19H,2,5-8,11-18H2. The molecule has 0 N–H and O–H groups in total. The molecule has 0 atom stereocenters. The van der Waals surface area contributed by atoms with Crippen LogP contribution in [0.4, 0.5) is 0 Å². The van der Waals surface area contributed by atoms with Crippen LogP contribution in [0.25, 0.3) is 0 Å². The molecule has 1 aromatic rings. The third-order valence-electron chi connectivity index (χ3n) is 5.34. The van der Waals surface area contributed by atoms with Crippen molar-refractivity contribution in [3.05, 3.63) is 30.3 Å². The summed E-state index contributed by atoms with van der Waals surface area (Å²) in [5.74, 6) is 0.995. The fourth-order valence-electron chi connectivity index (χ4n) is 3.94. The SMILES string of the molecule is c1ccc(OCCCCN2CCC(N3CCCCC3)CC2)cc1. The van der Waals surface area contributed by atoms with Gasteiger partial charge in [0.25, 0.3) is 0 Å². The summed E-state index contributed by atoms with van der Waals surface area (Å²) in [6.45, 7) is 7.36. The summed E-state index contributed by atoms with van der Waals surface area (Å²) in [6, 6.07) is 11.0. The number of benzene rings is 1. The van der Waals surface area contributed by atoms with E-state index < -0.39 is 0 Å². The number of unbranched alkanes of at least 4 members (excludes halogenated alkanes) is 1. The summed E-state index contributed by atoms with van der Waals surface area (Å²) >= 11 is 0. The van der Waals surface area contributed by atoms with E-state index in [0.717, 1.165) is 24.8 Å². The van der Waals surface area contributed by atoms with E-state index in [0.29, 0.717) is 0 Å². The molecule has 0 amide bonds. The lowest BCUT2D eigenvalue weighted by Crippen LogP contribution is -2.46. The predicted molar refractivity (Wildman–Crippen MR) is 96.1 cm³/mol. The first kappa shape index (κ1) is 16.8. The topological polar surface area (TPSA) is 15.7 Å². The summed E-state index contributed by atoms with van der Waals surface area (Å²) in [6.07, 6.45) is 9.44. The minimum atomic E-state index is 0.842. The highest BCUT2D eigenvalue weighted by atomic mass is 16.5. The minimum Gasteiger partial charge on any atom is -0.494 e. The lowest BCUT2D eigenvalue weighted by molar-refractivity contribution is 0.0913. The van der Waals surface area contributed by atoms with Crippen LogP contribution in [0.2, 0.25) is 0 Å². The third kappa shape index (κ3) is 5.50. The summed E-state index contributed by atoms with van der Waals surface area (Å²) < 4.78 is 5.77. The molecular weight excluding hydrogens is 284 g/mol. The molecule has 3 heteroatoms. The van der Waals surface area contributed by atoms with Crippen molar-refractivity contribution in [2.75, 3.05) is 39.3 Å². The number of hydrogen-bond donors (Lipinski definition) is 0. The van der Waals surface area contributed by atoms with E-state index in [1.807, 2.05) is 30.3 Å². The first-order valence-corrected chi connectivity index (χ1v) is 9.56. The molecule has 0 aliphatic carbocycles. The molecule has 2 saturated heterocycles. The molecule has 128 valence electrons. The maximum atomic E-state index is 5.77. The molecule has 2 aliphatic heterocycles. The van der Waals surface area contributed by atoms with Crippen molar-refractivity contribution in [3.63, 3.8) is 0 Å². The Morgan fingerprint density at radius 2 is 1.61 bits per heavy atom. The maximum absolute atomic E-state index is 5.77. The van der Waals surface area contributed by atoms with Crippen molar-refractivity contribution in [2.24, 2.45) is 0 Å². The molecule has 0 saturated carbocycles. The Balaban J connectivity index is 1.25. The van der Waals surface area contributed by atoms with Gasteiger partial charge in [-0.2, -0.15) is 0 Å². The molecule has 23 heavy (non-hydrogen) atoms. The van der Waals surface area contributed by atoms with Crippen molar-refractivity contribution in [2.45, 2.75) is 51.0 Å². The summed E-state index contributed by atoms with van der Waals surface area (Å²) in [5, 5.41) is 0. The van der Waals surface area contributed by atoms with E-state index in [4.69, 9.17) is 4.74 Å². The Labute approximate surface area is 141 Å². The van der Waals surface area contributed by atoms with Crippen LogP contribution in [0.1, 0.15) is 44.9 Å². The normalized spacial score (nSPS) is 21.4. The molecule has 3 nitrogen and oxygen atoms in total. The molecule has 0 bridgehead atoms. The number of para-hydroxylation sites is 1. The molecule has 3 rings (SSSR count). The molecule has 2 aliphatic rings. The molecule has 0 aromatic heterocycles. The molecule has 0 radical (unpaired) electrons. The third-order valence-corrected chi connectivity index (χ3v) is 5.34. The van der Waals surface area contributed by atoms with Crippen molar-refractivity contribution < 1.29 is 4.74 Å². The Kier molecular flexibility index (Phi) is 6.78. The van der Waals surface area contributed by atoms with E-state index in [2.05, 4.69) is 9.80 Å². The largest absolute Gasteiger partial charge is 0.494 e. The van der Waals surface area contributed by atoms with Gasteiger partial charge >= 0.3 is 0 Å². The van der Waals surface area contributed by atoms with Crippen molar-refractivity contribution in [1.29, 1.82) is 0 Å². The van der Waals surface area contributed by atoms with E-state index >= 15 is 0 Å². The number of piperidine rings is 2. The van der Waals surface area contributed by atoms with Crippen LogP contribution in [0.5, 0.6) is 5.75 Å². The smallest absolute Gasteiger partial charge is 0.119 e. The second-order valence-electron chi connectivity index (χ2n) is 7.04. The van der Waals surface area contributed by atoms with Gasteiger partial charge in [-0.3, -0.25) is 0 Å². The van der Waals surface area contributed by atoms with Crippen LogP contribution in [0.15, 0.2) is 30.3 Å². The second kappa shape index (κ2) is 9.29. The average molecular weight is 316 g/mol. The first-order valence-electron chi connectivity index (χ1n) is 9.56. The van der Waals surface area contributed by atoms with Crippen LogP contribution in [0.3, 0.4) is 0 Å². The second-order valence-corrected chi connectivity index (χ2v) is 7.04. The van der Waals surface area contributed by atoms with Gasteiger partial charge in [-0.1, -0.05) is 24.6 Å². The average Bonchev–Trinajstić information content (AvgIpc) is 2.64. The van der Waals surface area contributed by atoms with Crippen LogP contribution in [-0.4, -0.2) is 55.2 Å². The van der Waals surface area contributed by atoms with Gasteiger partial charge in [0, 0.05) is 6.04 Å². The Morgan fingerprint density at radius 1 is 0.870 bits per heavy atom. The first-order chi connectivity index (χ1) is 11.4. The van der Waals surface area contributed by atoms with Crippen molar-refractivity contribution in [3.8, 4) is 5.75 Å². The van der Waals surface area contributed by atoms with Gasteiger partial charge in [0.05, 0.1) is 6.61 Å². The van der Waals surface area contributed by atoms with E-state index in [9.17, 15) is 0 Å². The molecule has 1 aromatic carbocycles. The zero-order valence-corrected chi connectivity index (χ0v) is 14.5. The van der Waals surface area contributed by atoms with Crippen LogP contribution >= 0.6 is 0 Å². The number of nitrogens with zero attached hydrogens (tertiary/aromatic N) is 2. The fourth-order valence-corrected chi connectivity index (χ4v) is 3.94. The minimum absolute atomic E-state index is 0.842. The monoisotopic (exact) mass is 316 g/mol. The Morgan fingerprint density at radius 3 is 2.35 bits per heavy atom. The van der Waals surface area contributed by atoms with Gasteiger partial charge in [0.1, 0.15) is 5.75 Å². The predicted octanol–water partition coefficient (Wildman–Crippen LogP) is 3.80. The van der Waals surface area contributed by atoms with Gasteiger partial charge in [-0.05, 0) is 83.4 Å². The van der Waals surface area contributed by atoms with Crippen molar-refractivity contribution in [1.82, 2.24) is 9.80 Å². The molecule has 0 unspecified atom stereocenters. The summed E-state index contributed by atoms with van der Waals surface area (Å²) in [5.41, 5.74) is 0. The molecular formula is C20H32N2O. The number of likely N-dealkylation sites (tertiary alicyclic amines) is 2. The van der Waals surface area contributed by atoms with Gasteiger partial charge in [0.2, 0.25) is 0 Å². The summed E-state index contributed by atoms with van der Waals surface area (Å²) in [7, 11) is 0. The maximum Gasteiger partial charge on any atom is 0.119 e. The van der Waals surface area contributed by atoms with Gasteiger partial charge < -0.3 is 14.5 Å². The van der Waals surface area contributed by atoms with Crippen LogP contribution in [-0.2, 0) is 0 Å².